The van der Waals surface area contributed by atoms with Gasteiger partial charge in [-0.15, -0.1) is 0 Å². The van der Waals surface area contributed by atoms with Gasteiger partial charge >= 0.3 is 0 Å². The maximum Gasteiger partial charge on any atom is 0.187 e. The minimum atomic E-state index is -1.64. The maximum absolute atomic E-state index is 14.4. The second-order valence-corrected chi connectivity index (χ2v) is 19.8. The van der Waals surface area contributed by atoms with Crippen molar-refractivity contribution >= 4 is 5.78 Å². The number of aliphatic hydroxyl groups is 7. The Morgan fingerprint density at radius 3 is 1.87 bits per heavy atom. The smallest absolute Gasteiger partial charge is 0.187 e. The molecule has 3 aliphatic heterocycles. The van der Waals surface area contributed by atoms with E-state index < -0.39 is 115 Å². The van der Waals surface area contributed by atoms with Gasteiger partial charge in [-0.25, -0.2) is 0 Å². The number of Topliss-reactive ketones (excluding diaryl/α,β-unsaturated/α-hetero) is 1. The van der Waals surface area contributed by atoms with Crippen molar-refractivity contribution in [3.8, 4) is 0 Å². The van der Waals surface area contributed by atoms with E-state index in [9.17, 15) is 40.5 Å². The van der Waals surface area contributed by atoms with Gasteiger partial charge in [-0.2, -0.15) is 0 Å². The van der Waals surface area contributed by atoms with Crippen molar-refractivity contribution in [2.75, 3.05) is 0 Å². The molecule has 0 aromatic heterocycles. The van der Waals surface area contributed by atoms with Crippen molar-refractivity contribution in [1.82, 2.24) is 0 Å². The summed E-state index contributed by atoms with van der Waals surface area (Å²) in [6.07, 6.45) is -5.82. The maximum atomic E-state index is 14.4. The first-order valence-corrected chi connectivity index (χ1v) is 23.0. The first-order valence-electron chi connectivity index (χ1n) is 23.0. The lowest BCUT2D eigenvalue weighted by Gasteiger charge is -2.48. The second kappa shape index (κ2) is 21.6. The van der Waals surface area contributed by atoms with E-state index in [2.05, 4.69) is 25.7 Å². The van der Waals surface area contributed by atoms with Crippen LogP contribution < -0.4 is 0 Å². The zero-order chi connectivity index (χ0) is 46.8. The third kappa shape index (κ3) is 11.5. The molecule has 5 aliphatic rings. The van der Waals surface area contributed by atoms with Gasteiger partial charge in [0, 0.05) is 17.3 Å². The highest BCUT2D eigenvalue weighted by atomic mass is 16.8. The molecule has 2 unspecified atom stereocenters. The summed E-state index contributed by atoms with van der Waals surface area (Å²) < 4.78 is 36.6. The number of hydrogen-bond acceptors (Lipinski definition) is 14. The number of carbonyl (C=O) groups is 1. The highest BCUT2D eigenvalue weighted by Crippen LogP contribution is 2.56. The van der Waals surface area contributed by atoms with Crippen LogP contribution in [0.1, 0.15) is 115 Å². The molecule has 3 heterocycles. The number of ether oxygens (including phenoxy) is 6. The third-order valence-electron chi connectivity index (χ3n) is 14.4. The molecule has 0 bridgehead atoms. The zero-order valence-corrected chi connectivity index (χ0v) is 39.3. The molecule has 63 heavy (non-hydrogen) atoms. The number of ketones is 1. The summed E-state index contributed by atoms with van der Waals surface area (Å²) >= 11 is 0. The monoisotopic (exact) mass is 891 g/mol. The van der Waals surface area contributed by atoms with E-state index in [1.165, 1.54) is 6.92 Å². The number of aliphatic hydroxyl groups excluding tert-OH is 7. The van der Waals surface area contributed by atoms with E-state index in [1.807, 2.05) is 53.7 Å². The molecule has 358 valence electrons. The summed E-state index contributed by atoms with van der Waals surface area (Å²) in [7, 11) is 0. The number of rotatable bonds is 15. The summed E-state index contributed by atoms with van der Waals surface area (Å²) in [6.45, 7) is 25.3. The highest BCUT2D eigenvalue weighted by molar-refractivity contribution is 5.91. The van der Waals surface area contributed by atoms with Gasteiger partial charge in [-0.05, 0) is 117 Å². The summed E-state index contributed by atoms with van der Waals surface area (Å²) in [6, 6.07) is 0. The van der Waals surface area contributed by atoms with Crippen molar-refractivity contribution in [1.29, 1.82) is 0 Å². The van der Waals surface area contributed by atoms with Gasteiger partial charge in [0.2, 0.25) is 0 Å². The van der Waals surface area contributed by atoms with Gasteiger partial charge in [0.05, 0.1) is 36.6 Å². The van der Waals surface area contributed by atoms with E-state index in [0.29, 0.717) is 19.3 Å². The highest BCUT2D eigenvalue weighted by Gasteiger charge is 2.55. The molecule has 0 radical (unpaired) electrons. The van der Waals surface area contributed by atoms with Crippen LogP contribution >= 0.6 is 0 Å². The van der Waals surface area contributed by atoms with E-state index in [0.717, 1.165) is 47.1 Å². The molecule has 7 N–H and O–H groups in total. The standard InChI is InChI=1S/C49H78O14/c1-23(2)15-19-35(50)26(6)22-33-32(27(7)34-14-13-21-49(34,12)45(33)57)18-17-25(5)36(20-16-24(3)4)61-46-28(8)37(51)43(30(10)59-46)62-48-42(56)40(54)44(31(11)60-48)63-47-41(55)39(53)38(52)29(9)58-47/h15-17,22,28-44,46-48,50-56H,7,13-14,18-21H2,1-6,8-12H3/b25-17+,26-22+/t28-,29+,30-,31+,32+,33-,34+,35?,36?,37-,38+,39-,40+,41-,42-,43+,44+,46+,47+,48+,49+/m1/s1. The Morgan fingerprint density at radius 1 is 0.730 bits per heavy atom. The van der Waals surface area contributed by atoms with Crippen LogP contribution in [0, 0.1) is 29.1 Å². The number of carbonyl (C=O) groups excluding carboxylic acids is 1. The first kappa shape index (κ1) is 51.8. The van der Waals surface area contributed by atoms with Gasteiger partial charge in [0.25, 0.3) is 0 Å². The molecule has 21 atom stereocenters. The van der Waals surface area contributed by atoms with Crippen LogP contribution in [-0.4, -0.2) is 140 Å². The number of hydrogen-bond donors (Lipinski definition) is 7. The number of fused-ring (bicyclic) bond motifs is 1. The van der Waals surface area contributed by atoms with Crippen molar-refractivity contribution in [2.45, 2.75) is 213 Å². The fraction of sp³-hybridized carbons (Fsp3) is 0.776. The third-order valence-corrected chi connectivity index (χ3v) is 14.4. The molecule has 14 heteroatoms. The predicted octanol–water partition coefficient (Wildman–Crippen LogP) is 4.71. The molecule has 2 saturated carbocycles. The van der Waals surface area contributed by atoms with Crippen molar-refractivity contribution < 1.29 is 69.0 Å². The van der Waals surface area contributed by atoms with Crippen LogP contribution in [0.25, 0.3) is 0 Å². The molecule has 5 rings (SSSR count). The molecule has 0 amide bonds. The average molecular weight is 891 g/mol. The summed E-state index contributed by atoms with van der Waals surface area (Å²) in [4.78, 5) is 14.4. The lowest BCUT2D eigenvalue weighted by atomic mass is 9.57. The Labute approximate surface area is 374 Å². The zero-order valence-electron chi connectivity index (χ0n) is 39.3. The van der Waals surface area contributed by atoms with Crippen LogP contribution in [-0.2, 0) is 33.2 Å². The molecular formula is C49H78O14. The molecule has 3 saturated heterocycles. The summed E-state index contributed by atoms with van der Waals surface area (Å²) in [5, 5.41) is 75.8. The van der Waals surface area contributed by atoms with Crippen molar-refractivity contribution in [2.24, 2.45) is 29.1 Å². The lowest BCUT2D eigenvalue weighted by molar-refractivity contribution is -0.370. The molecule has 0 spiro atoms. The Hall–Kier alpha value is -2.15. The minimum absolute atomic E-state index is 0.109. The van der Waals surface area contributed by atoms with Gasteiger partial charge in [-0.1, -0.05) is 67.9 Å². The fourth-order valence-corrected chi connectivity index (χ4v) is 10.1. The van der Waals surface area contributed by atoms with Crippen molar-refractivity contribution in [3.05, 3.63) is 58.7 Å². The summed E-state index contributed by atoms with van der Waals surface area (Å²) in [5.41, 5.74) is 4.58. The quantitative estimate of drug-likeness (QED) is 0.111. The van der Waals surface area contributed by atoms with Crippen molar-refractivity contribution in [3.63, 3.8) is 0 Å². The van der Waals surface area contributed by atoms with E-state index in [1.54, 1.807) is 20.8 Å². The van der Waals surface area contributed by atoms with E-state index in [4.69, 9.17) is 28.4 Å². The van der Waals surface area contributed by atoms with Gasteiger partial charge in [0.1, 0.15) is 48.5 Å². The topological polar surface area (TPSA) is 214 Å². The lowest BCUT2D eigenvalue weighted by Crippen LogP contribution is -2.64. The molecule has 0 aromatic carbocycles. The van der Waals surface area contributed by atoms with Gasteiger partial charge in [0.15, 0.2) is 18.9 Å². The normalized spacial score (nSPS) is 43.6. The first-order chi connectivity index (χ1) is 29.5. The Bertz CT molecular complexity index is 1700. The molecular weight excluding hydrogens is 813 g/mol. The molecule has 2 aliphatic carbocycles. The minimum Gasteiger partial charge on any atom is -0.390 e. The van der Waals surface area contributed by atoms with Crippen LogP contribution in [0.15, 0.2) is 58.7 Å². The largest absolute Gasteiger partial charge is 0.390 e. The number of allylic oxidation sites excluding steroid dienone is 5. The van der Waals surface area contributed by atoms with Crippen LogP contribution in [0.3, 0.4) is 0 Å². The van der Waals surface area contributed by atoms with Crippen LogP contribution in [0.5, 0.6) is 0 Å². The SMILES string of the molecule is C=C1[C@H](C/C=C(\C)C(CC=C(C)C)O[C@@H]2O[C@H](C)[C@H](O[C@@H]3O[C@@H](C)[C@H](O[C@@H]4O[C@@H](C)[C@H](O)[C@@H](O)[C@H]4O)[C@@H](O)[C@H]3O)[C@H](O)[C@H]2C)[C@@H](/C=C(\C)C(O)CC=C(C)C)C(=O)[C@@]2(C)CCC[C@@H]12. The Balaban J connectivity index is 1.28. The van der Waals surface area contributed by atoms with Gasteiger partial charge < -0.3 is 64.2 Å². The average Bonchev–Trinajstić information content (AvgIpc) is 3.64. The fourth-order valence-electron chi connectivity index (χ4n) is 10.1. The molecule has 14 nitrogen and oxygen atoms in total. The van der Waals surface area contributed by atoms with Crippen LogP contribution in [0.2, 0.25) is 0 Å². The van der Waals surface area contributed by atoms with E-state index in [-0.39, 0.29) is 17.6 Å². The predicted molar refractivity (Wildman–Crippen MR) is 236 cm³/mol. The Kier molecular flexibility index (Phi) is 17.8. The molecule has 5 fully saturated rings. The van der Waals surface area contributed by atoms with Crippen LogP contribution in [0.4, 0.5) is 0 Å². The summed E-state index contributed by atoms with van der Waals surface area (Å²) in [5.74, 6) is -0.848. The second-order valence-electron chi connectivity index (χ2n) is 19.8. The Morgan fingerprint density at radius 2 is 1.27 bits per heavy atom. The van der Waals surface area contributed by atoms with Gasteiger partial charge in [-0.3, -0.25) is 4.79 Å². The van der Waals surface area contributed by atoms with E-state index >= 15 is 0 Å². The molecule has 0 aromatic rings.